The lowest BCUT2D eigenvalue weighted by Gasteiger charge is -2.35. The zero-order valence-corrected chi connectivity index (χ0v) is 16.3. The molecule has 6 nitrogen and oxygen atoms in total. The van der Waals surface area contributed by atoms with Gasteiger partial charge in [0.15, 0.2) is 0 Å². The highest BCUT2D eigenvalue weighted by molar-refractivity contribution is 5.79. The molecule has 1 unspecified atom stereocenters. The minimum Gasteiger partial charge on any atom is -0.497 e. The quantitative estimate of drug-likeness (QED) is 0.693. The molecule has 1 amide bonds. The van der Waals surface area contributed by atoms with Gasteiger partial charge in [0.25, 0.3) is 0 Å². The number of methoxy groups -OCH3 is 1. The summed E-state index contributed by atoms with van der Waals surface area (Å²) in [6.07, 6.45) is 0.912. The lowest BCUT2D eigenvalue weighted by molar-refractivity contribution is -0.133. The summed E-state index contributed by atoms with van der Waals surface area (Å²) < 4.78 is 10.7. The molecule has 0 saturated carbocycles. The molecule has 0 radical (unpaired) electrons. The van der Waals surface area contributed by atoms with E-state index in [9.17, 15) is 4.79 Å². The third-order valence-electron chi connectivity index (χ3n) is 5.37. The van der Waals surface area contributed by atoms with E-state index in [-0.39, 0.29) is 18.4 Å². The third kappa shape index (κ3) is 3.38. The van der Waals surface area contributed by atoms with Crippen molar-refractivity contribution in [2.75, 3.05) is 13.7 Å². The molecule has 1 aromatic heterocycles. The Balaban J connectivity index is 1.49. The fourth-order valence-electron chi connectivity index (χ4n) is 3.77. The van der Waals surface area contributed by atoms with Crippen LogP contribution >= 0.6 is 0 Å². The molecule has 0 fully saturated rings. The Labute approximate surface area is 164 Å². The lowest BCUT2D eigenvalue weighted by atomic mass is 9.93. The number of benzene rings is 2. The van der Waals surface area contributed by atoms with Crippen molar-refractivity contribution in [3.8, 4) is 17.1 Å². The number of hydrogen-bond acceptors (Lipinski definition) is 5. The van der Waals surface area contributed by atoms with Crippen LogP contribution < -0.4 is 4.74 Å². The SMILES string of the molecule is COc1ccc2c(c1)CCN(C(=O)Cc1nc(-c3ccccc3C)no1)C2C. The predicted octanol–water partition coefficient (Wildman–Crippen LogP) is 3.74. The van der Waals surface area contributed by atoms with Crippen LogP contribution in [0.3, 0.4) is 0 Å². The highest BCUT2D eigenvalue weighted by Gasteiger charge is 2.29. The van der Waals surface area contributed by atoms with Crippen LogP contribution in [0.5, 0.6) is 5.75 Å². The number of nitrogens with zero attached hydrogens (tertiary/aromatic N) is 3. The first kappa shape index (κ1) is 18.2. The van der Waals surface area contributed by atoms with E-state index >= 15 is 0 Å². The summed E-state index contributed by atoms with van der Waals surface area (Å²) in [6.45, 7) is 4.71. The van der Waals surface area contributed by atoms with E-state index < -0.39 is 0 Å². The van der Waals surface area contributed by atoms with Crippen LogP contribution in [0.2, 0.25) is 0 Å². The summed E-state index contributed by atoms with van der Waals surface area (Å²) in [4.78, 5) is 19.2. The van der Waals surface area contributed by atoms with Crippen LogP contribution in [0.25, 0.3) is 11.4 Å². The van der Waals surface area contributed by atoms with Crippen molar-refractivity contribution in [1.82, 2.24) is 15.0 Å². The largest absolute Gasteiger partial charge is 0.497 e. The van der Waals surface area contributed by atoms with Crippen molar-refractivity contribution < 1.29 is 14.1 Å². The van der Waals surface area contributed by atoms with E-state index in [4.69, 9.17) is 9.26 Å². The summed E-state index contributed by atoms with van der Waals surface area (Å²) in [5, 5.41) is 4.05. The minimum atomic E-state index is -0.00560. The van der Waals surface area contributed by atoms with Gasteiger partial charge in [-0.1, -0.05) is 35.5 Å². The van der Waals surface area contributed by atoms with Crippen LogP contribution in [0, 0.1) is 6.92 Å². The first-order valence-corrected chi connectivity index (χ1v) is 9.41. The van der Waals surface area contributed by atoms with Gasteiger partial charge in [-0.15, -0.1) is 0 Å². The second-order valence-corrected chi connectivity index (χ2v) is 7.08. The van der Waals surface area contributed by atoms with E-state index in [2.05, 4.69) is 23.1 Å². The second-order valence-electron chi connectivity index (χ2n) is 7.08. The maximum absolute atomic E-state index is 12.9. The van der Waals surface area contributed by atoms with Gasteiger partial charge in [0.2, 0.25) is 17.6 Å². The van der Waals surface area contributed by atoms with Crippen molar-refractivity contribution >= 4 is 5.91 Å². The van der Waals surface area contributed by atoms with Gasteiger partial charge in [-0.2, -0.15) is 4.98 Å². The molecule has 6 heteroatoms. The topological polar surface area (TPSA) is 68.5 Å². The predicted molar refractivity (Wildman–Crippen MR) is 105 cm³/mol. The molecule has 2 heterocycles. The molecule has 1 aliphatic rings. The van der Waals surface area contributed by atoms with E-state index in [1.54, 1.807) is 7.11 Å². The second kappa shape index (κ2) is 7.46. The Morgan fingerprint density at radius 3 is 2.89 bits per heavy atom. The van der Waals surface area contributed by atoms with Crippen molar-refractivity contribution in [1.29, 1.82) is 0 Å². The molecule has 0 saturated heterocycles. The molecule has 1 atom stereocenters. The van der Waals surface area contributed by atoms with Crippen LogP contribution in [0.4, 0.5) is 0 Å². The lowest BCUT2D eigenvalue weighted by Crippen LogP contribution is -2.39. The van der Waals surface area contributed by atoms with Crippen LogP contribution in [-0.2, 0) is 17.6 Å². The number of amides is 1. The smallest absolute Gasteiger partial charge is 0.236 e. The number of carbonyl (C=O) groups excluding carboxylic acids is 1. The van der Waals surface area contributed by atoms with Crippen molar-refractivity contribution in [2.24, 2.45) is 0 Å². The van der Waals surface area contributed by atoms with Crippen LogP contribution in [-0.4, -0.2) is 34.6 Å². The number of fused-ring (bicyclic) bond motifs is 1. The highest BCUT2D eigenvalue weighted by Crippen LogP contribution is 2.32. The van der Waals surface area contributed by atoms with Gasteiger partial charge in [-0.05, 0) is 49.1 Å². The number of ether oxygens (including phenoxy) is 1. The zero-order valence-electron chi connectivity index (χ0n) is 16.3. The summed E-state index contributed by atoms with van der Waals surface area (Å²) in [6, 6.07) is 13.9. The minimum absolute atomic E-state index is 0.000848. The number of aryl methyl sites for hydroxylation is 1. The average Bonchev–Trinajstić information content (AvgIpc) is 3.16. The maximum atomic E-state index is 12.9. The molecule has 144 valence electrons. The maximum Gasteiger partial charge on any atom is 0.236 e. The van der Waals surface area contributed by atoms with Gasteiger partial charge in [0, 0.05) is 12.1 Å². The first-order chi connectivity index (χ1) is 13.6. The molecule has 0 spiro atoms. The Morgan fingerprint density at radius 2 is 2.11 bits per heavy atom. The van der Waals surface area contributed by atoms with E-state index in [0.29, 0.717) is 18.3 Å². The normalized spacial score (nSPS) is 16.0. The summed E-state index contributed by atoms with van der Waals surface area (Å²) in [5.41, 5.74) is 4.37. The molecule has 1 aliphatic heterocycles. The molecular formula is C22H23N3O3. The molecule has 2 aromatic carbocycles. The van der Waals surface area contributed by atoms with E-state index in [0.717, 1.165) is 28.9 Å². The van der Waals surface area contributed by atoms with Gasteiger partial charge in [-0.3, -0.25) is 4.79 Å². The van der Waals surface area contributed by atoms with Gasteiger partial charge < -0.3 is 14.2 Å². The molecule has 0 N–H and O–H groups in total. The first-order valence-electron chi connectivity index (χ1n) is 9.41. The molecule has 28 heavy (non-hydrogen) atoms. The summed E-state index contributed by atoms with van der Waals surface area (Å²) in [5.74, 6) is 1.70. The highest BCUT2D eigenvalue weighted by atomic mass is 16.5. The molecule has 3 aromatic rings. The zero-order chi connectivity index (χ0) is 19.7. The van der Waals surface area contributed by atoms with Gasteiger partial charge in [0.1, 0.15) is 12.2 Å². The van der Waals surface area contributed by atoms with Gasteiger partial charge >= 0.3 is 0 Å². The molecular weight excluding hydrogens is 354 g/mol. The Bertz CT molecular complexity index is 1010. The van der Waals surface area contributed by atoms with Crippen LogP contribution in [0.1, 0.15) is 35.5 Å². The Hall–Kier alpha value is -3.15. The third-order valence-corrected chi connectivity index (χ3v) is 5.37. The summed E-state index contributed by atoms with van der Waals surface area (Å²) in [7, 11) is 1.67. The van der Waals surface area contributed by atoms with Gasteiger partial charge in [-0.25, -0.2) is 0 Å². The standard InChI is InChI=1S/C22H23N3O3/c1-14-6-4-5-7-18(14)22-23-20(28-24-22)13-21(26)25-11-10-16-12-17(27-3)8-9-19(16)15(25)2/h4-9,12,15H,10-11,13H2,1-3H3. The van der Waals surface area contributed by atoms with Crippen LogP contribution in [0.15, 0.2) is 47.0 Å². The Kier molecular flexibility index (Phi) is 4.86. The fraction of sp³-hybridized carbons (Fsp3) is 0.318. The fourth-order valence-corrected chi connectivity index (χ4v) is 3.77. The number of aromatic nitrogens is 2. The van der Waals surface area contributed by atoms with E-state index in [1.165, 1.54) is 5.56 Å². The number of carbonyl (C=O) groups is 1. The van der Waals surface area contributed by atoms with Gasteiger partial charge in [0.05, 0.1) is 13.2 Å². The van der Waals surface area contributed by atoms with E-state index in [1.807, 2.05) is 48.2 Å². The molecule has 0 bridgehead atoms. The Morgan fingerprint density at radius 1 is 1.29 bits per heavy atom. The average molecular weight is 377 g/mol. The number of rotatable bonds is 4. The monoisotopic (exact) mass is 377 g/mol. The van der Waals surface area contributed by atoms with Crippen molar-refractivity contribution in [3.05, 3.63) is 65.0 Å². The van der Waals surface area contributed by atoms with Crippen molar-refractivity contribution in [2.45, 2.75) is 32.7 Å². The molecule has 4 rings (SSSR count). The summed E-state index contributed by atoms with van der Waals surface area (Å²) >= 11 is 0. The number of hydrogen-bond donors (Lipinski definition) is 0. The van der Waals surface area contributed by atoms with Crippen molar-refractivity contribution in [3.63, 3.8) is 0 Å². The molecule has 0 aliphatic carbocycles.